The van der Waals surface area contributed by atoms with Crippen LogP contribution in [0.1, 0.15) is 29.7 Å². The van der Waals surface area contributed by atoms with E-state index in [-0.39, 0.29) is 11.1 Å². The monoisotopic (exact) mass is 340 g/mol. The molecule has 6 nitrogen and oxygen atoms in total. The van der Waals surface area contributed by atoms with Gasteiger partial charge in [-0.05, 0) is 42.9 Å². The SMILES string of the molecule is Cn1ccc(CN2CC(Cn3nc4c(cc3=O)CCCC4)C2)cc1=O. The second kappa shape index (κ2) is 6.59. The lowest BCUT2D eigenvalue weighted by molar-refractivity contribution is 0.0763. The Morgan fingerprint density at radius 3 is 2.72 bits per heavy atom. The average molecular weight is 340 g/mol. The summed E-state index contributed by atoms with van der Waals surface area (Å²) in [5.41, 5.74) is 3.37. The zero-order valence-electron chi connectivity index (χ0n) is 14.6. The van der Waals surface area contributed by atoms with Crippen molar-refractivity contribution in [2.24, 2.45) is 13.0 Å². The maximum Gasteiger partial charge on any atom is 0.267 e. The largest absolute Gasteiger partial charge is 0.319 e. The fraction of sp³-hybridized carbons (Fsp3) is 0.526. The lowest BCUT2D eigenvalue weighted by Gasteiger charge is -2.39. The first kappa shape index (κ1) is 16.3. The molecule has 1 fully saturated rings. The Balaban J connectivity index is 1.36. The van der Waals surface area contributed by atoms with Crippen molar-refractivity contribution in [3.63, 3.8) is 0 Å². The highest BCUT2D eigenvalue weighted by Crippen LogP contribution is 2.20. The number of hydrogen-bond acceptors (Lipinski definition) is 4. The van der Waals surface area contributed by atoms with E-state index in [4.69, 9.17) is 0 Å². The van der Waals surface area contributed by atoms with Gasteiger partial charge in [0.25, 0.3) is 11.1 Å². The van der Waals surface area contributed by atoms with Crippen LogP contribution in [0.2, 0.25) is 0 Å². The van der Waals surface area contributed by atoms with Gasteiger partial charge in [0.05, 0.1) is 12.2 Å². The molecule has 1 saturated heterocycles. The highest BCUT2D eigenvalue weighted by atomic mass is 16.1. The quantitative estimate of drug-likeness (QED) is 0.832. The molecule has 0 atom stereocenters. The molecule has 2 aromatic heterocycles. The summed E-state index contributed by atoms with van der Waals surface area (Å²) in [6.45, 7) is 3.37. The topological polar surface area (TPSA) is 60.1 Å². The van der Waals surface area contributed by atoms with Gasteiger partial charge in [-0.15, -0.1) is 0 Å². The molecule has 4 rings (SSSR count). The third-order valence-electron chi connectivity index (χ3n) is 5.31. The Bertz CT molecular complexity index is 893. The smallest absolute Gasteiger partial charge is 0.267 e. The summed E-state index contributed by atoms with van der Waals surface area (Å²) in [7, 11) is 1.76. The number of likely N-dealkylation sites (tertiary alicyclic amines) is 1. The number of rotatable bonds is 4. The van der Waals surface area contributed by atoms with Crippen LogP contribution in [0.4, 0.5) is 0 Å². The molecular weight excluding hydrogens is 316 g/mol. The van der Waals surface area contributed by atoms with Gasteiger partial charge >= 0.3 is 0 Å². The van der Waals surface area contributed by atoms with Crippen LogP contribution in [0.3, 0.4) is 0 Å². The fourth-order valence-electron chi connectivity index (χ4n) is 3.84. The molecule has 0 aromatic carbocycles. The first-order chi connectivity index (χ1) is 12.1. The molecule has 3 heterocycles. The van der Waals surface area contributed by atoms with Crippen LogP contribution < -0.4 is 11.1 Å². The minimum absolute atomic E-state index is 0.0272. The molecule has 0 N–H and O–H groups in total. The van der Waals surface area contributed by atoms with Crippen molar-refractivity contribution in [1.29, 1.82) is 0 Å². The zero-order chi connectivity index (χ0) is 17.4. The van der Waals surface area contributed by atoms with Crippen LogP contribution >= 0.6 is 0 Å². The summed E-state index contributed by atoms with van der Waals surface area (Å²) in [6.07, 6.45) is 6.14. The first-order valence-corrected chi connectivity index (χ1v) is 9.06. The minimum atomic E-state index is 0.0272. The molecule has 0 bridgehead atoms. The van der Waals surface area contributed by atoms with Gasteiger partial charge in [0.15, 0.2) is 0 Å². The minimum Gasteiger partial charge on any atom is -0.319 e. The number of fused-ring (bicyclic) bond motifs is 1. The molecular formula is C19H24N4O2. The summed E-state index contributed by atoms with van der Waals surface area (Å²) >= 11 is 0. The predicted molar refractivity (Wildman–Crippen MR) is 95.6 cm³/mol. The number of pyridine rings is 1. The van der Waals surface area contributed by atoms with Gasteiger partial charge < -0.3 is 4.57 Å². The van der Waals surface area contributed by atoms with E-state index in [0.29, 0.717) is 12.5 Å². The number of nitrogens with zero attached hydrogens (tertiary/aromatic N) is 4. The van der Waals surface area contributed by atoms with Crippen LogP contribution in [0.15, 0.2) is 34.0 Å². The lowest BCUT2D eigenvalue weighted by atomic mass is 9.96. The Morgan fingerprint density at radius 2 is 1.92 bits per heavy atom. The lowest BCUT2D eigenvalue weighted by Crippen LogP contribution is -2.49. The number of aromatic nitrogens is 3. The fourth-order valence-corrected chi connectivity index (χ4v) is 3.84. The van der Waals surface area contributed by atoms with Crippen LogP contribution in [0.5, 0.6) is 0 Å². The van der Waals surface area contributed by atoms with E-state index in [9.17, 15) is 9.59 Å². The van der Waals surface area contributed by atoms with Crippen molar-refractivity contribution in [3.05, 3.63) is 61.9 Å². The Kier molecular flexibility index (Phi) is 4.29. The van der Waals surface area contributed by atoms with Crippen LogP contribution in [-0.2, 0) is 33.0 Å². The second-order valence-corrected chi connectivity index (χ2v) is 7.39. The molecule has 1 aliphatic carbocycles. The van der Waals surface area contributed by atoms with Crippen molar-refractivity contribution < 1.29 is 0 Å². The summed E-state index contributed by atoms with van der Waals surface area (Å²) in [4.78, 5) is 26.3. The predicted octanol–water partition coefficient (Wildman–Crippen LogP) is 0.953. The van der Waals surface area contributed by atoms with E-state index < -0.39 is 0 Å². The van der Waals surface area contributed by atoms with Crippen molar-refractivity contribution >= 4 is 0 Å². The van der Waals surface area contributed by atoms with Crippen molar-refractivity contribution in [2.75, 3.05) is 13.1 Å². The van der Waals surface area contributed by atoms with Gasteiger partial charge in [0, 0.05) is 50.9 Å². The Labute approximate surface area is 146 Å². The highest BCUT2D eigenvalue weighted by Gasteiger charge is 2.28. The molecule has 0 saturated carbocycles. The van der Waals surface area contributed by atoms with E-state index in [1.807, 2.05) is 12.3 Å². The third kappa shape index (κ3) is 3.44. The standard InChI is InChI=1S/C19H24N4O2/c1-21-7-6-14(8-18(21)24)10-22-11-15(12-22)13-23-19(25)9-16-4-2-3-5-17(16)20-23/h6-9,15H,2-5,10-13H2,1H3. The zero-order valence-corrected chi connectivity index (χ0v) is 14.6. The van der Waals surface area contributed by atoms with Crippen molar-refractivity contribution in [1.82, 2.24) is 19.2 Å². The van der Waals surface area contributed by atoms with Gasteiger partial charge in [0.1, 0.15) is 0 Å². The first-order valence-electron chi connectivity index (χ1n) is 9.06. The maximum absolute atomic E-state index is 12.3. The molecule has 1 aliphatic heterocycles. The third-order valence-corrected chi connectivity index (χ3v) is 5.31. The van der Waals surface area contributed by atoms with E-state index in [2.05, 4.69) is 10.00 Å². The molecule has 6 heteroatoms. The molecule has 132 valence electrons. The van der Waals surface area contributed by atoms with Gasteiger partial charge in [-0.1, -0.05) is 0 Å². The van der Waals surface area contributed by atoms with Gasteiger partial charge in [-0.2, -0.15) is 5.10 Å². The summed E-state index contributed by atoms with van der Waals surface area (Å²) < 4.78 is 3.24. The van der Waals surface area contributed by atoms with Gasteiger partial charge in [-0.3, -0.25) is 14.5 Å². The molecule has 2 aliphatic rings. The van der Waals surface area contributed by atoms with Crippen LogP contribution in [0, 0.1) is 5.92 Å². The van der Waals surface area contributed by atoms with Gasteiger partial charge in [0.2, 0.25) is 0 Å². The summed E-state index contributed by atoms with van der Waals surface area (Å²) in [6, 6.07) is 5.48. The van der Waals surface area contributed by atoms with E-state index in [0.717, 1.165) is 55.7 Å². The normalized spacial score (nSPS) is 18.0. The van der Waals surface area contributed by atoms with Crippen LogP contribution in [-0.4, -0.2) is 32.3 Å². The van der Waals surface area contributed by atoms with E-state index in [1.54, 1.807) is 28.4 Å². The molecule has 0 spiro atoms. The molecule has 0 unspecified atom stereocenters. The Hall–Kier alpha value is -2.21. The second-order valence-electron chi connectivity index (χ2n) is 7.39. The van der Waals surface area contributed by atoms with Crippen molar-refractivity contribution in [3.8, 4) is 0 Å². The van der Waals surface area contributed by atoms with Crippen LogP contribution in [0.25, 0.3) is 0 Å². The number of aryl methyl sites for hydroxylation is 3. The Morgan fingerprint density at radius 1 is 1.12 bits per heavy atom. The molecule has 0 amide bonds. The maximum atomic E-state index is 12.3. The summed E-state index contributed by atoms with van der Waals surface area (Å²) in [5.74, 6) is 0.457. The van der Waals surface area contributed by atoms with E-state index in [1.165, 1.54) is 6.42 Å². The molecule has 0 radical (unpaired) electrons. The molecule has 2 aromatic rings. The average Bonchev–Trinajstić information content (AvgIpc) is 2.56. The van der Waals surface area contributed by atoms with Crippen molar-refractivity contribution in [2.45, 2.75) is 38.8 Å². The van der Waals surface area contributed by atoms with E-state index >= 15 is 0 Å². The molecule has 25 heavy (non-hydrogen) atoms. The number of hydrogen-bond donors (Lipinski definition) is 0. The van der Waals surface area contributed by atoms with Gasteiger partial charge in [-0.25, -0.2) is 4.68 Å². The summed E-state index contributed by atoms with van der Waals surface area (Å²) in [5, 5.41) is 4.61. The highest BCUT2D eigenvalue weighted by molar-refractivity contribution is 5.20.